The van der Waals surface area contributed by atoms with E-state index in [4.69, 9.17) is 0 Å². The van der Waals surface area contributed by atoms with Crippen LogP contribution in [0.4, 0.5) is 0 Å². The van der Waals surface area contributed by atoms with Crippen LogP contribution in [0.2, 0.25) is 0 Å². The van der Waals surface area contributed by atoms with E-state index < -0.39 is 0 Å². The lowest BCUT2D eigenvalue weighted by Gasteiger charge is -2.17. The van der Waals surface area contributed by atoms with E-state index in [1.54, 1.807) is 9.14 Å². The Bertz CT molecular complexity index is 316. The highest BCUT2D eigenvalue weighted by Crippen LogP contribution is 2.26. The average molecular weight is 314 g/mol. The Labute approximate surface area is 103 Å². The van der Waals surface area contributed by atoms with Crippen LogP contribution < -0.4 is 21.2 Å². The number of benzene rings is 1. The van der Waals surface area contributed by atoms with E-state index in [0.717, 1.165) is 5.92 Å². The quantitative estimate of drug-likeness (QED) is 0.565. The van der Waals surface area contributed by atoms with Crippen molar-refractivity contribution >= 4 is 0 Å². The molecule has 0 amide bonds. The molecule has 1 aromatic rings. The van der Waals surface area contributed by atoms with Crippen molar-refractivity contribution in [2.75, 3.05) is 0 Å². The molecule has 1 saturated carbocycles. The van der Waals surface area contributed by atoms with Crippen LogP contribution in [0.3, 0.4) is 0 Å². The summed E-state index contributed by atoms with van der Waals surface area (Å²) in [7, 11) is 0. The van der Waals surface area contributed by atoms with Gasteiger partial charge in [-0.2, -0.15) is 0 Å². The van der Waals surface area contributed by atoms with Crippen molar-refractivity contribution in [2.45, 2.75) is 32.6 Å². The summed E-state index contributed by atoms with van der Waals surface area (Å²) in [4.78, 5) is 0. The Morgan fingerprint density at radius 2 is 1.80 bits per heavy atom. The van der Waals surface area contributed by atoms with Gasteiger partial charge in [-0.25, -0.2) is 0 Å². The molecule has 2 rings (SSSR count). The molecule has 0 atom stereocenters. The van der Waals surface area contributed by atoms with E-state index in [1.807, 2.05) is 0 Å². The van der Waals surface area contributed by atoms with Gasteiger partial charge in [-0.1, -0.05) is 25.1 Å². The van der Waals surface area contributed by atoms with E-state index in [1.165, 1.54) is 25.7 Å². The third-order valence-corrected chi connectivity index (χ3v) is 5.61. The van der Waals surface area contributed by atoms with E-state index >= 15 is 0 Å². The lowest BCUT2D eigenvalue weighted by molar-refractivity contribution is -0.557. The highest BCUT2D eigenvalue weighted by Gasteiger charge is 2.16. The summed E-state index contributed by atoms with van der Waals surface area (Å²) in [6.45, 7) is 2.38. The van der Waals surface area contributed by atoms with Gasteiger partial charge in [0.25, 0.3) is 0 Å². The highest BCUT2D eigenvalue weighted by molar-refractivity contribution is 5.03. The number of halogens is 1. The summed E-state index contributed by atoms with van der Waals surface area (Å²) in [6, 6.07) is 10.9. The summed E-state index contributed by atoms with van der Waals surface area (Å²) in [6.07, 6.45) is 5.52. The van der Waals surface area contributed by atoms with Gasteiger partial charge in [-0.05, 0) is 49.3 Å². The van der Waals surface area contributed by atoms with E-state index in [0.29, 0.717) is 0 Å². The summed E-state index contributed by atoms with van der Waals surface area (Å²) < 4.78 is 4.10. The Morgan fingerprint density at radius 1 is 1.13 bits per heavy atom. The number of hydrogen-bond acceptors (Lipinski definition) is 0. The van der Waals surface area contributed by atoms with Crippen molar-refractivity contribution in [2.24, 2.45) is 5.92 Å². The first-order valence-electron chi connectivity index (χ1n) is 5.71. The van der Waals surface area contributed by atoms with Crippen molar-refractivity contribution in [1.29, 1.82) is 0 Å². The van der Waals surface area contributed by atoms with Crippen molar-refractivity contribution < 1.29 is 21.2 Å². The third-order valence-electron chi connectivity index (χ3n) is 2.98. The van der Waals surface area contributed by atoms with Crippen molar-refractivity contribution in [3.8, 4) is 0 Å². The first-order valence-corrected chi connectivity index (χ1v) is 8.03. The zero-order chi connectivity index (χ0) is 10.5. The molecule has 0 bridgehead atoms. The third kappa shape index (κ3) is 3.63. The predicted octanol–water partition coefficient (Wildman–Crippen LogP) is 1.04. The fraction of sp³-hybridized carbons (Fsp3) is 0.429. The van der Waals surface area contributed by atoms with Crippen molar-refractivity contribution in [3.63, 3.8) is 0 Å². The maximum Gasteiger partial charge on any atom is 0.349 e. The van der Waals surface area contributed by atoms with Gasteiger partial charge in [0.15, 0.2) is 7.65 Å². The molecule has 80 valence electrons. The molecule has 0 saturated heterocycles. The molecule has 0 aliphatic heterocycles. The minimum atomic E-state index is 0.125. The SMILES string of the molecule is CC1CCC(=[13CH][I+]c2ccccc2)CC1. The predicted molar refractivity (Wildman–Crippen MR) is 60.9 cm³/mol. The van der Waals surface area contributed by atoms with Crippen LogP contribution in [0.1, 0.15) is 32.6 Å². The van der Waals surface area contributed by atoms with Crippen LogP contribution >= 0.6 is 0 Å². The van der Waals surface area contributed by atoms with Gasteiger partial charge in [-0.3, -0.25) is 0 Å². The minimum absolute atomic E-state index is 0.125. The Kier molecular flexibility index (Phi) is 4.24. The maximum atomic E-state index is 2.56. The molecule has 1 fully saturated rings. The van der Waals surface area contributed by atoms with Crippen LogP contribution in [0.15, 0.2) is 40.0 Å². The van der Waals surface area contributed by atoms with Crippen LogP contribution in [-0.2, 0) is 0 Å². The number of hydrogen-bond donors (Lipinski definition) is 0. The number of rotatable bonds is 2. The van der Waals surface area contributed by atoms with Crippen LogP contribution in [-0.4, -0.2) is 0 Å². The molecule has 1 aliphatic rings. The summed E-state index contributed by atoms with van der Waals surface area (Å²) in [5, 5.41) is 0. The van der Waals surface area contributed by atoms with Crippen LogP contribution in [0, 0.1) is 9.49 Å². The second kappa shape index (κ2) is 5.69. The van der Waals surface area contributed by atoms with E-state index in [2.05, 4.69) is 41.3 Å². The summed E-state index contributed by atoms with van der Waals surface area (Å²) in [5.74, 6) is 0.956. The molecule has 1 aromatic carbocycles. The molecule has 0 nitrogen and oxygen atoms in total. The minimum Gasteiger partial charge on any atom is -0.0625 e. The van der Waals surface area contributed by atoms with Gasteiger partial charge < -0.3 is 0 Å². The normalized spacial score (nSPS) is 21.4. The molecule has 0 unspecified atom stereocenters. The van der Waals surface area contributed by atoms with Gasteiger partial charge >= 0.3 is 21.2 Å². The molecular formula is C14H18I+. The summed E-state index contributed by atoms with van der Waals surface area (Å²) in [5.41, 5.74) is 1.73. The second-order valence-electron chi connectivity index (χ2n) is 4.35. The molecular weight excluding hydrogens is 296 g/mol. The fourth-order valence-corrected chi connectivity index (χ4v) is 4.12. The average Bonchev–Trinajstić information content (AvgIpc) is 2.30. The Balaban J connectivity index is 1.89. The van der Waals surface area contributed by atoms with Gasteiger partial charge in [0.2, 0.25) is 0 Å². The second-order valence-corrected chi connectivity index (χ2v) is 6.85. The van der Waals surface area contributed by atoms with Crippen molar-refractivity contribution in [1.82, 2.24) is 0 Å². The highest BCUT2D eigenvalue weighted by atomic mass is 127. The fourth-order valence-electron chi connectivity index (χ4n) is 1.87. The molecule has 0 heterocycles. The van der Waals surface area contributed by atoms with E-state index in [-0.39, 0.29) is 21.2 Å². The summed E-state index contributed by atoms with van der Waals surface area (Å²) >= 11 is 0.125. The Morgan fingerprint density at radius 3 is 2.47 bits per heavy atom. The van der Waals surface area contributed by atoms with Crippen LogP contribution in [0.25, 0.3) is 0 Å². The molecule has 0 N–H and O–H groups in total. The zero-order valence-corrected chi connectivity index (χ0v) is 11.4. The van der Waals surface area contributed by atoms with Gasteiger partial charge in [0.05, 0.1) is 0 Å². The van der Waals surface area contributed by atoms with Gasteiger partial charge in [-0.15, -0.1) is 0 Å². The lowest BCUT2D eigenvalue weighted by atomic mass is 9.89. The van der Waals surface area contributed by atoms with Gasteiger partial charge in [0, 0.05) is 0 Å². The molecule has 0 radical (unpaired) electrons. The topological polar surface area (TPSA) is 0 Å². The van der Waals surface area contributed by atoms with Gasteiger partial charge in [0.1, 0.15) is 0 Å². The molecule has 0 aromatic heterocycles. The van der Waals surface area contributed by atoms with Crippen molar-refractivity contribution in [3.05, 3.63) is 43.6 Å². The molecule has 1 heteroatoms. The lowest BCUT2D eigenvalue weighted by Crippen LogP contribution is -3.59. The molecule has 15 heavy (non-hydrogen) atoms. The number of allylic oxidation sites excluding steroid dienone is 1. The molecule has 0 spiro atoms. The standard InChI is InChI=1S/C14H18I/c1-12-7-9-13(10-8-12)11-15-14-5-3-2-4-6-14/h2-6,11-12H,7-10H2,1H3/q+1/i11+1. The first-order chi connectivity index (χ1) is 7.34. The maximum absolute atomic E-state index is 2.56. The van der Waals surface area contributed by atoms with Crippen LogP contribution in [0.5, 0.6) is 0 Å². The smallest absolute Gasteiger partial charge is 0.0625 e. The monoisotopic (exact) mass is 314 g/mol. The first kappa shape index (κ1) is 11.2. The molecule has 1 aliphatic carbocycles. The largest absolute Gasteiger partial charge is 0.349 e. The zero-order valence-electron chi connectivity index (χ0n) is 9.25. The van der Waals surface area contributed by atoms with E-state index in [9.17, 15) is 0 Å². The Hall–Kier alpha value is -0.310.